The molecule has 0 saturated carbocycles. The van der Waals surface area contributed by atoms with Crippen molar-refractivity contribution in [3.05, 3.63) is 36.2 Å². The number of carbonyl (C=O) groups excluding carboxylic acids is 2. The molecule has 0 spiro atoms. The van der Waals surface area contributed by atoms with E-state index in [1.54, 1.807) is 7.05 Å². The largest absolute Gasteiger partial charge is 0.494 e. The first kappa shape index (κ1) is 15.5. The number of hydrogen-bond acceptors (Lipinski definition) is 5. The van der Waals surface area contributed by atoms with Crippen molar-refractivity contribution in [2.45, 2.75) is 19.3 Å². The van der Waals surface area contributed by atoms with E-state index in [4.69, 9.17) is 4.74 Å². The minimum Gasteiger partial charge on any atom is -0.494 e. The average molecular weight is 339 g/mol. The van der Waals surface area contributed by atoms with Gasteiger partial charge in [0.25, 0.3) is 0 Å². The molecule has 2 aliphatic rings. The van der Waals surface area contributed by atoms with Crippen molar-refractivity contribution in [2.24, 2.45) is 10.9 Å². The number of ether oxygens (including phenoxy) is 1. The Kier molecular flexibility index (Phi) is 3.60. The van der Waals surface area contributed by atoms with Crippen LogP contribution in [0, 0.1) is 5.92 Å². The van der Waals surface area contributed by atoms with E-state index >= 15 is 0 Å². The Labute approximate surface area is 144 Å². The topological polar surface area (TPSA) is 89.7 Å². The number of amides is 2. The van der Waals surface area contributed by atoms with Gasteiger partial charge in [-0.25, -0.2) is 0 Å². The number of carbonyl (C=O) groups is 2. The van der Waals surface area contributed by atoms with Crippen molar-refractivity contribution in [1.29, 1.82) is 0 Å². The van der Waals surface area contributed by atoms with Crippen molar-refractivity contribution in [3.63, 3.8) is 0 Å². The maximum absolute atomic E-state index is 13.0. The van der Waals surface area contributed by atoms with E-state index in [1.807, 2.05) is 31.2 Å². The Morgan fingerprint density at radius 3 is 2.88 bits per heavy atom. The number of rotatable bonds is 3. The molecule has 1 aromatic heterocycles. The van der Waals surface area contributed by atoms with Crippen LogP contribution < -0.4 is 9.64 Å². The molecule has 0 saturated heterocycles. The van der Waals surface area contributed by atoms with Crippen LogP contribution in [0.4, 0.5) is 5.95 Å². The molecule has 1 aromatic carbocycles. The molecule has 0 N–H and O–H groups in total. The molecular weight excluding hydrogens is 322 g/mol. The highest BCUT2D eigenvalue weighted by Gasteiger charge is 2.47. The SMILES string of the molecule is CCOc1ccccc1C1CC(=O)N=C2C1C(=O)N(C)c1ncnn12. The van der Waals surface area contributed by atoms with Crippen LogP contribution in [0.5, 0.6) is 5.75 Å². The second kappa shape index (κ2) is 5.80. The molecule has 128 valence electrons. The predicted octanol–water partition coefficient (Wildman–Crippen LogP) is 1.23. The third kappa shape index (κ3) is 2.33. The zero-order valence-corrected chi connectivity index (χ0v) is 13.9. The van der Waals surface area contributed by atoms with Gasteiger partial charge in [0.2, 0.25) is 17.8 Å². The van der Waals surface area contributed by atoms with Crippen molar-refractivity contribution >= 4 is 23.6 Å². The van der Waals surface area contributed by atoms with Gasteiger partial charge in [0.15, 0.2) is 5.84 Å². The minimum atomic E-state index is -0.599. The molecular formula is C17H17N5O3. The Bertz CT molecular complexity index is 888. The molecule has 2 atom stereocenters. The van der Waals surface area contributed by atoms with Gasteiger partial charge in [-0.3, -0.25) is 14.5 Å². The van der Waals surface area contributed by atoms with Crippen LogP contribution in [0.1, 0.15) is 24.8 Å². The predicted molar refractivity (Wildman–Crippen MR) is 89.7 cm³/mol. The highest BCUT2D eigenvalue weighted by molar-refractivity contribution is 6.17. The lowest BCUT2D eigenvalue weighted by Gasteiger charge is -2.36. The van der Waals surface area contributed by atoms with Crippen molar-refractivity contribution < 1.29 is 14.3 Å². The molecule has 0 bridgehead atoms. The second-order valence-electron chi connectivity index (χ2n) is 5.99. The fraction of sp³-hybridized carbons (Fsp3) is 0.353. The molecule has 4 rings (SSSR count). The van der Waals surface area contributed by atoms with Gasteiger partial charge in [0, 0.05) is 19.4 Å². The molecule has 0 fully saturated rings. The van der Waals surface area contributed by atoms with Crippen molar-refractivity contribution in [2.75, 3.05) is 18.6 Å². The minimum absolute atomic E-state index is 0.150. The Morgan fingerprint density at radius 2 is 2.08 bits per heavy atom. The van der Waals surface area contributed by atoms with Gasteiger partial charge in [0.05, 0.1) is 6.61 Å². The normalized spacial score (nSPS) is 22.3. The summed E-state index contributed by atoms with van der Waals surface area (Å²) in [7, 11) is 1.65. The molecule has 2 aromatic rings. The first-order chi connectivity index (χ1) is 12.1. The summed E-state index contributed by atoms with van der Waals surface area (Å²) in [5.74, 6) is 0.0107. The van der Waals surface area contributed by atoms with Crippen LogP contribution in [0.25, 0.3) is 0 Å². The van der Waals surface area contributed by atoms with Gasteiger partial charge in [-0.2, -0.15) is 19.8 Å². The van der Waals surface area contributed by atoms with E-state index < -0.39 is 5.92 Å². The fourth-order valence-electron chi connectivity index (χ4n) is 3.49. The number of aromatic nitrogens is 3. The van der Waals surface area contributed by atoms with Gasteiger partial charge in [-0.15, -0.1) is 0 Å². The van der Waals surface area contributed by atoms with E-state index in [1.165, 1.54) is 15.9 Å². The van der Waals surface area contributed by atoms with Gasteiger partial charge in [0.1, 0.15) is 18.0 Å². The molecule has 8 heteroatoms. The van der Waals surface area contributed by atoms with Crippen LogP contribution in [0.15, 0.2) is 35.6 Å². The first-order valence-corrected chi connectivity index (χ1v) is 8.13. The molecule has 2 unspecified atom stereocenters. The monoisotopic (exact) mass is 339 g/mol. The van der Waals surface area contributed by atoms with Gasteiger partial charge < -0.3 is 4.74 Å². The zero-order chi connectivity index (χ0) is 17.6. The Hall–Kier alpha value is -3.03. The maximum Gasteiger partial charge on any atom is 0.248 e. The van der Waals surface area contributed by atoms with Crippen molar-refractivity contribution in [1.82, 2.24) is 14.8 Å². The number of hydrogen-bond donors (Lipinski definition) is 0. The standard InChI is InChI=1S/C17H17N5O3/c1-3-25-12-7-5-4-6-10(12)11-8-13(23)20-15-14(11)16(24)21(2)17-18-9-19-22(15)17/h4-7,9,11,14H,3,8H2,1-2H3. The van der Waals surface area contributed by atoms with E-state index in [9.17, 15) is 9.59 Å². The highest BCUT2D eigenvalue weighted by atomic mass is 16.5. The smallest absolute Gasteiger partial charge is 0.248 e. The van der Waals surface area contributed by atoms with Crippen LogP contribution >= 0.6 is 0 Å². The third-order valence-corrected chi connectivity index (χ3v) is 4.58. The summed E-state index contributed by atoms with van der Waals surface area (Å²) < 4.78 is 7.18. The molecule has 0 radical (unpaired) electrons. The lowest BCUT2D eigenvalue weighted by Crippen LogP contribution is -2.51. The maximum atomic E-state index is 13.0. The lowest BCUT2D eigenvalue weighted by atomic mass is 9.79. The van der Waals surface area contributed by atoms with Crippen LogP contribution in [-0.2, 0) is 9.59 Å². The third-order valence-electron chi connectivity index (χ3n) is 4.58. The van der Waals surface area contributed by atoms with E-state index in [0.717, 1.165) is 5.56 Å². The first-order valence-electron chi connectivity index (χ1n) is 8.13. The quantitative estimate of drug-likeness (QED) is 0.839. The molecule has 3 heterocycles. The Balaban J connectivity index is 1.86. The van der Waals surface area contributed by atoms with Crippen LogP contribution in [0.3, 0.4) is 0 Å². The number of benzene rings is 1. The summed E-state index contributed by atoms with van der Waals surface area (Å²) in [5, 5.41) is 4.14. The number of fused-ring (bicyclic) bond motifs is 3. The summed E-state index contributed by atoms with van der Waals surface area (Å²) in [6.45, 7) is 2.40. The molecule has 0 aliphatic carbocycles. The molecule has 2 aliphatic heterocycles. The highest BCUT2D eigenvalue weighted by Crippen LogP contribution is 2.41. The van der Waals surface area contributed by atoms with Crippen molar-refractivity contribution in [3.8, 4) is 5.75 Å². The summed E-state index contributed by atoms with van der Waals surface area (Å²) in [5.41, 5.74) is 0.834. The summed E-state index contributed by atoms with van der Waals surface area (Å²) in [6, 6.07) is 7.51. The van der Waals surface area contributed by atoms with Gasteiger partial charge >= 0.3 is 0 Å². The number of nitrogens with zero attached hydrogens (tertiary/aromatic N) is 5. The fourth-order valence-corrected chi connectivity index (χ4v) is 3.49. The number of anilines is 1. The van der Waals surface area contributed by atoms with Crippen LogP contribution in [0.2, 0.25) is 0 Å². The summed E-state index contributed by atoms with van der Waals surface area (Å²) in [6.07, 6.45) is 1.51. The average Bonchev–Trinajstić information content (AvgIpc) is 3.10. The van der Waals surface area contributed by atoms with E-state index in [0.29, 0.717) is 24.1 Å². The summed E-state index contributed by atoms with van der Waals surface area (Å²) >= 11 is 0. The number of aliphatic imine (C=N–C) groups is 1. The molecule has 8 nitrogen and oxygen atoms in total. The molecule has 25 heavy (non-hydrogen) atoms. The van der Waals surface area contributed by atoms with E-state index in [2.05, 4.69) is 15.1 Å². The second-order valence-corrected chi connectivity index (χ2v) is 5.99. The molecule has 2 amide bonds. The van der Waals surface area contributed by atoms with Crippen LogP contribution in [-0.4, -0.2) is 46.1 Å². The van der Waals surface area contributed by atoms with E-state index in [-0.39, 0.29) is 24.2 Å². The number of para-hydroxylation sites is 1. The Morgan fingerprint density at radius 1 is 1.28 bits per heavy atom. The lowest BCUT2D eigenvalue weighted by molar-refractivity contribution is -0.123. The summed E-state index contributed by atoms with van der Waals surface area (Å²) in [4.78, 5) is 34.9. The van der Waals surface area contributed by atoms with Gasteiger partial charge in [-0.1, -0.05) is 18.2 Å². The zero-order valence-electron chi connectivity index (χ0n) is 13.9. The van der Waals surface area contributed by atoms with Gasteiger partial charge in [-0.05, 0) is 18.6 Å².